The molecule has 8 nitrogen and oxygen atoms in total. The Labute approximate surface area is 233 Å². The van der Waals surface area contributed by atoms with Gasteiger partial charge in [0, 0.05) is 29.3 Å². The van der Waals surface area contributed by atoms with Gasteiger partial charge in [-0.05, 0) is 85.3 Å². The second-order valence-corrected chi connectivity index (χ2v) is 10.8. The van der Waals surface area contributed by atoms with Crippen molar-refractivity contribution in [1.82, 2.24) is 25.3 Å². The number of amides is 1. The van der Waals surface area contributed by atoms with Crippen molar-refractivity contribution in [1.29, 1.82) is 0 Å². The number of H-pyrrole nitrogens is 2. The van der Waals surface area contributed by atoms with Crippen molar-refractivity contribution in [2.45, 2.75) is 45.1 Å². The third-order valence-corrected chi connectivity index (χ3v) is 7.56. The molecule has 204 valence electrons. The maximum Gasteiger partial charge on any atom is 0.326 e. The van der Waals surface area contributed by atoms with Crippen molar-refractivity contribution >= 4 is 23.6 Å². The fourth-order valence-electron chi connectivity index (χ4n) is 4.90. The minimum absolute atomic E-state index is 0.267. The van der Waals surface area contributed by atoms with Crippen molar-refractivity contribution < 1.29 is 14.7 Å². The molecule has 0 saturated heterocycles. The predicted octanol–water partition coefficient (Wildman–Crippen LogP) is 5.08. The number of aromatic amines is 2. The zero-order valence-electron chi connectivity index (χ0n) is 22.3. The smallest absolute Gasteiger partial charge is 0.326 e. The lowest BCUT2D eigenvalue weighted by Crippen LogP contribution is -2.41. The Morgan fingerprint density at radius 1 is 0.974 bits per heavy atom. The van der Waals surface area contributed by atoms with Gasteiger partial charge in [0.1, 0.15) is 6.04 Å². The Balaban J connectivity index is 1.64. The number of imidazole rings is 2. The average Bonchev–Trinajstić information content (AvgIpc) is 3.63. The van der Waals surface area contributed by atoms with Crippen LogP contribution in [-0.4, -0.2) is 55.0 Å². The molecule has 1 amide bonds. The molecular weight excluding hydrogens is 510 g/mol. The SMILES string of the molecule is CSCCCC(NC(=O)c1ccc(CC(Cc2cnc[nH]2)Cc2cnc[nH]2)cc1-c1ccccc1C)C(=O)O. The van der Waals surface area contributed by atoms with E-state index in [2.05, 4.69) is 31.3 Å². The van der Waals surface area contributed by atoms with E-state index in [1.165, 1.54) is 0 Å². The minimum atomic E-state index is -1.01. The van der Waals surface area contributed by atoms with Crippen LogP contribution in [0.5, 0.6) is 0 Å². The van der Waals surface area contributed by atoms with Gasteiger partial charge in [0.25, 0.3) is 5.91 Å². The van der Waals surface area contributed by atoms with E-state index in [4.69, 9.17) is 0 Å². The number of benzene rings is 2. The zero-order valence-corrected chi connectivity index (χ0v) is 23.1. The van der Waals surface area contributed by atoms with Crippen molar-refractivity contribution in [3.05, 3.63) is 95.6 Å². The molecule has 0 bridgehead atoms. The molecule has 0 aliphatic carbocycles. The van der Waals surface area contributed by atoms with Gasteiger partial charge in [0.05, 0.1) is 12.7 Å². The Bertz CT molecular complexity index is 1320. The van der Waals surface area contributed by atoms with Gasteiger partial charge in [0.15, 0.2) is 0 Å². The molecule has 2 aromatic heterocycles. The van der Waals surface area contributed by atoms with Crippen LogP contribution in [-0.2, 0) is 24.1 Å². The van der Waals surface area contributed by atoms with Crippen molar-refractivity contribution in [2.75, 3.05) is 12.0 Å². The summed E-state index contributed by atoms with van der Waals surface area (Å²) in [5.41, 5.74) is 6.51. The highest BCUT2D eigenvalue weighted by atomic mass is 32.2. The van der Waals surface area contributed by atoms with Crippen LogP contribution in [0, 0.1) is 12.8 Å². The molecule has 1 atom stereocenters. The number of carboxylic acid groups (broad SMARTS) is 1. The molecule has 2 heterocycles. The average molecular weight is 546 g/mol. The van der Waals surface area contributed by atoms with Gasteiger partial charge in [-0.25, -0.2) is 14.8 Å². The van der Waals surface area contributed by atoms with Gasteiger partial charge in [-0.1, -0.05) is 36.4 Å². The number of rotatable bonds is 14. The van der Waals surface area contributed by atoms with E-state index in [1.807, 2.05) is 62.0 Å². The molecule has 4 aromatic rings. The molecule has 0 fully saturated rings. The maximum atomic E-state index is 13.5. The number of nitrogens with one attached hydrogen (secondary N) is 3. The van der Waals surface area contributed by atoms with Gasteiger partial charge < -0.3 is 20.4 Å². The first-order chi connectivity index (χ1) is 18.9. The number of carbonyl (C=O) groups is 2. The molecule has 0 saturated carbocycles. The summed E-state index contributed by atoms with van der Waals surface area (Å²) in [6.07, 6.45) is 12.6. The lowest BCUT2D eigenvalue weighted by Gasteiger charge is -2.19. The second kappa shape index (κ2) is 13.8. The molecule has 9 heteroatoms. The van der Waals surface area contributed by atoms with E-state index in [1.54, 1.807) is 24.4 Å². The molecule has 39 heavy (non-hydrogen) atoms. The molecule has 0 radical (unpaired) electrons. The Morgan fingerprint density at radius 3 is 2.26 bits per heavy atom. The van der Waals surface area contributed by atoms with Gasteiger partial charge in [0.2, 0.25) is 0 Å². The molecule has 4 N–H and O–H groups in total. The molecule has 0 spiro atoms. The van der Waals surface area contributed by atoms with E-state index < -0.39 is 12.0 Å². The first-order valence-electron chi connectivity index (χ1n) is 13.1. The summed E-state index contributed by atoms with van der Waals surface area (Å²) in [6.45, 7) is 2.02. The summed E-state index contributed by atoms with van der Waals surface area (Å²) in [5.74, 6) is -0.272. The highest BCUT2D eigenvalue weighted by Gasteiger charge is 2.23. The molecular formula is C30H35N5O3S. The van der Waals surface area contributed by atoms with Crippen LogP contribution in [0.15, 0.2) is 67.5 Å². The summed E-state index contributed by atoms with van der Waals surface area (Å²) in [5, 5.41) is 12.5. The van der Waals surface area contributed by atoms with Crippen LogP contribution in [0.1, 0.15) is 45.7 Å². The summed E-state index contributed by atoms with van der Waals surface area (Å²) in [4.78, 5) is 40.1. The molecule has 0 aliphatic rings. The monoisotopic (exact) mass is 545 g/mol. The number of hydrogen-bond donors (Lipinski definition) is 4. The standard InChI is InChI=1S/C30H35N5O3S/c1-20-6-3-4-7-25(20)27-15-21(9-10-26(27)29(36)35-28(30(37)38)8-5-11-39-2)12-22(13-23-16-31-18-33-23)14-24-17-32-19-34-24/h3-4,6-7,9-10,15-19,22,28H,5,8,11-14H2,1-2H3,(H,31,33)(H,32,34)(H,35,36)(H,37,38). The van der Waals surface area contributed by atoms with Crippen molar-refractivity contribution in [3.63, 3.8) is 0 Å². The van der Waals surface area contributed by atoms with Crippen molar-refractivity contribution in [3.8, 4) is 11.1 Å². The zero-order chi connectivity index (χ0) is 27.6. The van der Waals surface area contributed by atoms with E-state index >= 15 is 0 Å². The number of thioether (sulfide) groups is 1. The van der Waals surface area contributed by atoms with Crippen LogP contribution in [0.2, 0.25) is 0 Å². The fourth-order valence-corrected chi connectivity index (χ4v) is 5.36. The number of aliphatic carboxylic acids is 1. The number of nitrogens with zero attached hydrogens (tertiary/aromatic N) is 2. The fraction of sp³-hybridized carbons (Fsp3) is 0.333. The summed E-state index contributed by atoms with van der Waals surface area (Å²) < 4.78 is 0. The van der Waals surface area contributed by atoms with Crippen LogP contribution in [0.25, 0.3) is 11.1 Å². The molecule has 2 aromatic carbocycles. The Kier molecular flexibility index (Phi) is 9.97. The lowest BCUT2D eigenvalue weighted by atomic mass is 9.87. The van der Waals surface area contributed by atoms with Crippen LogP contribution in [0.4, 0.5) is 0 Å². The van der Waals surface area contributed by atoms with Gasteiger partial charge >= 0.3 is 5.97 Å². The van der Waals surface area contributed by atoms with Crippen LogP contribution in [0.3, 0.4) is 0 Å². The maximum absolute atomic E-state index is 13.5. The van der Waals surface area contributed by atoms with Crippen molar-refractivity contribution in [2.24, 2.45) is 5.92 Å². The quantitative estimate of drug-likeness (QED) is 0.164. The molecule has 4 rings (SSSR count). The topological polar surface area (TPSA) is 124 Å². The Morgan fingerprint density at radius 2 is 1.67 bits per heavy atom. The number of aryl methyl sites for hydroxylation is 1. The van der Waals surface area contributed by atoms with E-state index in [0.29, 0.717) is 12.0 Å². The molecule has 1 unspecified atom stereocenters. The van der Waals surface area contributed by atoms with Gasteiger partial charge in [-0.15, -0.1) is 0 Å². The Hall–Kier alpha value is -3.85. The third kappa shape index (κ3) is 7.83. The number of aromatic nitrogens is 4. The van der Waals surface area contributed by atoms with Crippen LogP contribution >= 0.6 is 11.8 Å². The van der Waals surface area contributed by atoms with Gasteiger partial charge in [-0.3, -0.25) is 4.79 Å². The summed E-state index contributed by atoms with van der Waals surface area (Å²) >= 11 is 1.66. The highest BCUT2D eigenvalue weighted by molar-refractivity contribution is 7.98. The van der Waals surface area contributed by atoms with Crippen LogP contribution < -0.4 is 5.32 Å². The third-order valence-electron chi connectivity index (χ3n) is 6.86. The number of carboxylic acids is 1. The largest absolute Gasteiger partial charge is 0.480 e. The first-order valence-corrected chi connectivity index (χ1v) is 14.5. The van der Waals surface area contributed by atoms with E-state index in [-0.39, 0.29) is 11.8 Å². The highest BCUT2D eigenvalue weighted by Crippen LogP contribution is 2.30. The first kappa shape index (κ1) is 28.2. The summed E-state index contributed by atoms with van der Waals surface area (Å²) in [6, 6.07) is 12.9. The normalized spacial score (nSPS) is 12.0. The lowest BCUT2D eigenvalue weighted by molar-refractivity contribution is -0.139. The molecule has 0 aliphatic heterocycles. The predicted molar refractivity (Wildman–Crippen MR) is 155 cm³/mol. The van der Waals surface area contributed by atoms with E-state index in [0.717, 1.165) is 65.1 Å². The number of carbonyl (C=O) groups excluding carboxylic acids is 1. The van der Waals surface area contributed by atoms with Gasteiger partial charge in [-0.2, -0.15) is 11.8 Å². The second-order valence-electron chi connectivity index (χ2n) is 9.83. The summed E-state index contributed by atoms with van der Waals surface area (Å²) in [7, 11) is 0. The van der Waals surface area contributed by atoms with E-state index in [9.17, 15) is 14.7 Å². The number of hydrogen-bond acceptors (Lipinski definition) is 5. The minimum Gasteiger partial charge on any atom is -0.480 e.